The molecule has 11 nitrogen and oxygen atoms in total. The standard InChI is InChI=1S/C18H21ClF2N6O5/c1-17(3-4-17)23-16(29)31-9-5-12(30-8-9)10-6-13(25-24-10)22-15(28)11-7-14(26-27(11)2)32-18(19,20)21/h6-7,9,12H,3-5,8H2,1-2H3,(H,23,29)(H2,22,24,25,28)/t9-,12-/m0/s1. The van der Waals surface area contributed by atoms with Crippen molar-refractivity contribution in [2.45, 2.75) is 49.5 Å². The van der Waals surface area contributed by atoms with Gasteiger partial charge in [-0.05, 0) is 19.8 Å². The van der Waals surface area contributed by atoms with Crippen LogP contribution in [0.2, 0.25) is 0 Å². The van der Waals surface area contributed by atoms with Crippen LogP contribution in [-0.2, 0) is 16.5 Å². The van der Waals surface area contributed by atoms with Gasteiger partial charge in [-0.3, -0.25) is 14.6 Å². The van der Waals surface area contributed by atoms with E-state index >= 15 is 0 Å². The van der Waals surface area contributed by atoms with Gasteiger partial charge >= 0.3 is 11.7 Å². The number of amides is 2. The molecule has 0 spiro atoms. The molecule has 2 atom stereocenters. The van der Waals surface area contributed by atoms with Crippen LogP contribution in [0.3, 0.4) is 0 Å². The van der Waals surface area contributed by atoms with Gasteiger partial charge in [0.1, 0.15) is 17.9 Å². The third kappa shape index (κ3) is 5.46. The zero-order valence-electron chi connectivity index (χ0n) is 17.2. The zero-order chi connectivity index (χ0) is 23.1. The van der Waals surface area contributed by atoms with Crippen molar-refractivity contribution in [3.05, 3.63) is 23.5 Å². The molecule has 1 saturated carbocycles. The summed E-state index contributed by atoms with van der Waals surface area (Å²) < 4.78 is 41.8. The fourth-order valence-electron chi connectivity index (χ4n) is 3.20. The number of ether oxygens (including phenoxy) is 3. The lowest BCUT2D eigenvalue weighted by Gasteiger charge is -2.15. The number of aromatic amines is 1. The maximum atomic E-state index is 12.8. The number of halogens is 3. The molecule has 3 N–H and O–H groups in total. The molecule has 1 aliphatic heterocycles. The summed E-state index contributed by atoms with van der Waals surface area (Å²) in [5.74, 6) is -0.973. The van der Waals surface area contributed by atoms with E-state index in [4.69, 9.17) is 21.1 Å². The second-order valence-electron chi connectivity index (χ2n) is 7.97. The van der Waals surface area contributed by atoms with Crippen LogP contribution in [0.5, 0.6) is 5.88 Å². The highest BCUT2D eigenvalue weighted by atomic mass is 35.5. The summed E-state index contributed by atoms with van der Waals surface area (Å²) in [5, 5.41) is 15.8. The Balaban J connectivity index is 1.31. The Morgan fingerprint density at radius 3 is 2.84 bits per heavy atom. The minimum Gasteiger partial charge on any atom is -0.444 e. The molecular formula is C18H21ClF2N6O5. The number of rotatable bonds is 7. The number of alkyl halides is 3. The van der Waals surface area contributed by atoms with Gasteiger partial charge in [0.05, 0.1) is 12.3 Å². The van der Waals surface area contributed by atoms with Gasteiger partial charge in [0, 0.05) is 42.7 Å². The lowest BCUT2D eigenvalue weighted by atomic mass is 10.1. The quantitative estimate of drug-likeness (QED) is 0.525. The molecule has 2 amide bonds. The molecule has 1 saturated heterocycles. The van der Waals surface area contributed by atoms with Gasteiger partial charge in [0.15, 0.2) is 5.82 Å². The number of hydrogen-bond acceptors (Lipinski definition) is 7. The monoisotopic (exact) mass is 474 g/mol. The van der Waals surface area contributed by atoms with Crippen LogP contribution < -0.4 is 15.4 Å². The third-order valence-corrected chi connectivity index (χ3v) is 5.21. The highest BCUT2D eigenvalue weighted by Gasteiger charge is 2.40. The number of alkyl carbamates (subject to hydrolysis) is 1. The molecule has 3 heterocycles. The van der Waals surface area contributed by atoms with Crippen LogP contribution in [0, 0.1) is 0 Å². The summed E-state index contributed by atoms with van der Waals surface area (Å²) in [6.45, 7) is 2.19. The van der Waals surface area contributed by atoms with Crippen molar-refractivity contribution in [1.29, 1.82) is 0 Å². The first-order valence-corrected chi connectivity index (χ1v) is 10.1. The molecule has 2 aromatic heterocycles. The Morgan fingerprint density at radius 1 is 1.41 bits per heavy atom. The molecule has 2 aromatic rings. The Bertz CT molecular complexity index is 1020. The van der Waals surface area contributed by atoms with Crippen LogP contribution in [0.4, 0.5) is 19.4 Å². The van der Waals surface area contributed by atoms with E-state index in [9.17, 15) is 18.4 Å². The summed E-state index contributed by atoms with van der Waals surface area (Å²) in [6, 6.07) is 2.59. The van der Waals surface area contributed by atoms with Gasteiger partial charge in [-0.25, -0.2) is 4.79 Å². The highest BCUT2D eigenvalue weighted by Crippen LogP contribution is 2.35. The van der Waals surface area contributed by atoms with E-state index in [0.717, 1.165) is 23.6 Å². The van der Waals surface area contributed by atoms with Crippen LogP contribution in [-0.4, -0.2) is 55.8 Å². The molecular weight excluding hydrogens is 454 g/mol. The van der Waals surface area contributed by atoms with E-state index in [0.29, 0.717) is 12.1 Å². The summed E-state index contributed by atoms with van der Waals surface area (Å²) in [7, 11) is 1.39. The van der Waals surface area contributed by atoms with Crippen molar-refractivity contribution < 1.29 is 32.6 Å². The van der Waals surface area contributed by atoms with E-state index < -0.39 is 35.7 Å². The van der Waals surface area contributed by atoms with Gasteiger partial charge in [0.2, 0.25) is 5.88 Å². The first kappa shape index (κ1) is 22.3. The zero-order valence-corrected chi connectivity index (χ0v) is 17.9. The minimum atomic E-state index is -3.95. The second-order valence-corrected chi connectivity index (χ2v) is 8.41. The Kier molecular flexibility index (Phi) is 5.71. The van der Waals surface area contributed by atoms with E-state index in [-0.39, 0.29) is 23.7 Å². The average molecular weight is 475 g/mol. The van der Waals surface area contributed by atoms with Gasteiger partial charge < -0.3 is 24.8 Å². The van der Waals surface area contributed by atoms with Gasteiger partial charge in [-0.1, -0.05) is 0 Å². The largest absolute Gasteiger partial charge is 0.488 e. The van der Waals surface area contributed by atoms with E-state index in [1.54, 1.807) is 6.07 Å². The predicted octanol–water partition coefficient (Wildman–Crippen LogP) is 2.67. The topological polar surface area (TPSA) is 132 Å². The predicted molar refractivity (Wildman–Crippen MR) is 106 cm³/mol. The number of carbonyl (C=O) groups excluding carboxylic acids is 2. The molecule has 0 radical (unpaired) electrons. The number of hydrogen-bond donors (Lipinski definition) is 3. The van der Waals surface area contributed by atoms with Crippen LogP contribution >= 0.6 is 11.6 Å². The van der Waals surface area contributed by atoms with Crippen molar-refractivity contribution in [1.82, 2.24) is 25.3 Å². The molecule has 14 heteroatoms. The number of aromatic nitrogens is 4. The first-order chi connectivity index (χ1) is 15.0. The van der Waals surface area contributed by atoms with Crippen molar-refractivity contribution in [2.75, 3.05) is 11.9 Å². The number of aryl methyl sites for hydroxylation is 1. The maximum absolute atomic E-state index is 12.8. The maximum Gasteiger partial charge on any atom is 0.488 e. The molecule has 174 valence electrons. The molecule has 32 heavy (non-hydrogen) atoms. The molecule has 0 aromatic carbocycles. The molecule has 2 fully saturated rings. The Hall–Kier alpha value is -2.93. The van der Waals surface area contributed by atoms with Crippen molar-refractivity contribution >= 4 is 29.4 Å². The fourth-order valence-corrected chi connectivity index (χ4v) is 3.28. The van der Waals surface area contributed by atoms with Crippen LogP contribution in [0.1, 0.15) is 48.5 Å². The smallest absolute Gasteiger partial charge is 0.444 e. The van der Waals surface area contributed by atoms with Gasteiger partial charge in [-0.15, -0.1) is 13.9 Å². The van der Waals surface area contributed by atoms with Gasteiger partial charge in [-0.2, -0.15) is 5.10 Å². The summed E-state index contributed by atoms with van der Waals surface area (Å²) >= 11 is 4.71. The second kappa shape index (κ2) is 8.20. The number of H-pyrrole nitrogens is 1. The Labute approximate surface area is 185 Å². The molecule has 0 bridgehead atoms. The first-order valence-electron chi connectivity index (χ1n) is 9.76. The molecule has 1 aliphatic carbocycles. The molecule has 2 aliphatic rings. The fraction of sp³-hybridized carbons (Fsp3) is 0.556. The number of nitrogens with zero attached hydrogens (tertiary/aromatic N) is 3. The van der Waals surface area contributed by atoms with Crippen LogP contribution in [0.15, 0.2) is 12.1 Å². The highest BCUT2D eigenvalue weighted by molar-refractivity contribution is 6.20. The number of carbonyl (C=O) groups is 2. The molecule has 0 unspecified atom stereocenters. The summed E-state index contributed by atoms with van der Waals surface area (Å²) in [4.78, 5) is 24.4. The van der Waals surface area contributed by atoms with Crippen molar-refractivity contribution in [3.8, 4) is 5.88 Å². The van der Waals surface area contributed by atoms with E-state index in [2.05, 4.69) is 30.7 Å². The SMILES string of the molecule is Cn1nc(OC(F)(F)Cl)cc1C(=O)Nc1cc([C@@H]2C[C@H](OC(=O)NC3(C)CC3)CO2)[nH]n1. The van der Waals surface area contributed by atoms with Gasteiger partial charge in [0.25, 0.3) is 5.91 Å². The average Bonchev–Trinajstić information content (AvgIpc) is 3.07. The van der Waals surface area contributed by atoms with E-state index in [1.165, 1.54) is 7.05 Å². The number of nitrogens with one attached hydrogen (secondary N) is 3. The van der Waals surface area contributed by atoms with E-state index in [1.807, 2.05) is 6.92 Å². The van der Waals surface area contributed by atoms with Crippen molar-refractivity contribution in [2.24, 2.45) is 7.05 Å². The minimum absolute atomic E-state index is 0.0496. The molecule has 4 rings (SSSR count). The summed E-state index contributed by atoms with van der Waals surface area (Å²) in [5.41, 5.74) is -3.58. The lowest BCUT2D eigenvalue weighted by Crippen LogP contribution is -2.37. The Morgan fingerprint density at radius 2 is 2.16 bits per heavy atom. The van der Waals surface area contributed by atoms with Crippen LogP contribution in [0.25, 0.3) is 0 Å². The third-order valence-electron chi connectivity index (χ3n) is 5.13. The lowest BCUT2D eigenvalue weighted by molar-refractivity contribution is -0.0993. The normalized spacial score (nSPS) is 21.8. The van der Waals surface area contributed by atoms with Crippen molar-refractivity contribution in [3.63, 3.8) is 0 Å². The number of anilines is 1. The summed E-state index contributed by atoms with van der Waals surface area (Å²) in [6.07, 6.45) is 1.02.